The molecule has 0 radical (unpaired) electrons. The Labute approximate surface area is 106 Å². The molecule has 1 aromatic heterocycles. The van der Waals surface area contributed by atoms with Crippen molar-refractivity contribution in [3.63, 3.8) is 0 Å². The van der Waals surface area contributed by atoms with E-state index in [2.05, 4.69) is 35.1 Å². The molecule has 0 aliphatic heterocycles. The van der Waals surface area contributed by atoms with Crippen molar-refractivity contribution >= 4 is 21.4 Å². The first-order valence-electron chi connectivity index (χ1n) is 5.75. The number of benzene rings is 1. The summed E-state index contributed by atoms with van der Waals surface area (Å²) in [5.41, 5.74) is 4.23. The fourth-order valence-corrected chi connectivity index (χ4v) is 2.94. The van der Waals surface area contributed by atoms with Crippen LogP contribution in [0.2, 0.25) is 0 Å². The molecule has 3 nitrogen and oxygen atoms in total. The van der Waals surface area contributed by atoms with Gasteiger partial charge < -0.3 is 4.74 Å². The second kappa shape index (κ2) is 6.12. The lowest BCUT2D eigenvalue weighted by Crippen LogP contribution is -2.37. The Kier molecular flexibility index (Phi) is 4.50. The van der Waals surface area contributed by atoms with Crippen molar-refractivity contribution in [1.82, 2.24) is 5.43 Å². The second-order valence-corrected chi connectivity index (χ2v) is 5.02. The molecule has 1 atom stereocenters. The highest BCUT2D eigenvalue weighted by molar-refractivity contribution is 7.17. The molecule has 0 aliphatic carbocycles. The quantitative estimate of drug-likeness (QED) is 0.611. The highest BCUT2D eigenvalue weighted by Crippen LogP contribution is 2.26. The molecule has 4 heteroatoms. The largest absolute Gasteiger partial charge is 0.385 e. The monoisotopic (exact) mass is 250 g/mol. The van der Waals surface area contributed by atoms with Crippen molar-refractivity contribution in [3.8, 4) is 0 Å². The van der Waals surface area contributed by atoms with Crippen LogP contribution in [0.3, 0.4) is 0 Å². The number of ether oxygens (including phenoxy) is 1. The molecule has 17 heavy (non-hydrogen) atoms. The number of thiophene rings is 1. The van der Waals surface area contributed by atoms with Crippen LogP contribution in [0.4, 0.5) is 0 Å². The Morgan fingerprint density at radius 1 is 1.41 bits per heavy atom. The summed E-state index contributed by atoms with van der Waals surface area (Å²) in [7, 11) is 1.72. The van der Waals surface area contributed by atoms with Crippen molar-refractivity contribution in [2.45, 2.75) is 18.9 Å². The van der Waals surface area contributed by atoms with E-state index in [1.54, 1.807) is 18.4 Å². The van der Waals surface area contributed by atoms with Gasteiger partial charge in [-0.25, -0.2) is 0 Å². The van der Waals surface area contributed by atoms with Crippen LogP contribution < -0.4 is 11.3 Å². The summed E-state index contributed by atoms with van der Waals surface area (Å²) in [5.74, 6) is 5.57. The molecule has 0 aliphatic rings. The lowest BCUT2D eigenvalue weighted by atomic mass is 10.0. The molecular formula is C13H18N2OS. The molecule has 2 aromatic rings. The van der Waals surface area contributed by atoms with E-state index in [4.69, 9.17) is 10.6 Å². The third kappa shape index (κ3) is 3.04. The molecule has 1 unspecified atom stereocenters. The van der Waals surface area contributed by atoms with E-state index < -0.39 is 0 Å². The zero-order valence-electron chi connectivity index (χ0n) is 9.98. The van der Waals surface area contributed by atoms with E-state index in [-0.39, 0.29) is 6.04 Å². The summed E-state index contributed by atoms with van der Waals surface area (Å²) in [6.45, 7) is 0.733. The van der Waals surface area contributed by atoms with Crippen LogP contribution in [0.15, 0.2) is 29.6 Å². The molecule has 1 aromatic carbocycles. The lowest BCUT2D eigenvalue weighted by Gasteiger charge is -2.14. The van der Waals surface area contributed by atoms with Gasteiger partial charge in [0, 0.05) is 24.5 Å². The first kappa shape index (κ1) is 12.5. The molecule has 0 saturated heterocycles. The second-order valence-electron chi connectivity index (χ2n) is 4.11. The van der Waals surface area contributed by atoms with E-state index in [9.17, 15) is 0 Å². The molecule has 0 amide bonds. The Morgan fingerprint density at radius 3 is 3.00 bits per heavy atom. The molecule has 92 valence electrons. The molecule has 3 N–H and O–H groups in total. The number of hydrogen-bond acceptors (Lipinski definition) is 4. The Bertz CT molecular complexity index is 469. The smallest absolute Gasteiger partial charge is 0.0477 e. The number of nitrogens with one attached hydrogen (secondary N) is 1. The first-order chi connectivity index (χ1) is 8.35. The van der Waals surface area contributed by atoms with Crippen molar-refractivity contribution in [2.24, 2.45) is 5.84 Å². The number of hydrazine groups is 1. The van der Waals surface area contributed by atoms with E-state index in [0.717, 1.165) is 19.4 Å². The molecule has 1 heterocycles. The van der Waals surface area contributed by atoms with E-state index >= 15 is 0 Å². The van der Waals surface area contributed by atoms with E-state index in [1.807, 2.05) is 0 Å². The predicted molar refractivity (Wildman–Crippen MR) is 73.1 cm³/mol. The van der Waals surface area contributed by atoms with Gasteiger partial charge in [0.05, 0.1) is 0 Å². The average Bonchev–Trinajstić information content (AvgIpc) is 2.78. The van der Waals surface area contributed by atoms with Gasteiger partial charge in [0.15, 0.2) is 0 Å². The fraction of sp³-hybridized carbons (Fsp3) is 0.385. The molecular weight excluding hydrogens is 232 g/mol. The van der Waals surface area contributed by atoms with Gasteiger partial charge in [0.2, 0.25) is 0 Å². The lowest BCUT2D eigenvalue weighted by molar-refractivity contribution is 0.182. The fourth-order valence-electron chi connectivity index (χ4n) is 1.96. The van der Waals surface area contributed by atoms with E-state index in [1.165, 1.54) is 15.6 Å². The third-order valence-corrected chi connectivity index (χ3v) is 3.95. The van der Waals surface area contributed by atoms with Gasteiger partial charge in [0.1, 0.15) is 0 Å². The van der Waals surface area contributed by atoms with Gasteiger partial charge >= 0.3 is 0 Å². The highest BCUT2D eigenvalue weighted by atomic mass is 32.1. The van der Waals surface area contributed by atoms with Crippen LogP contribution in [-0.2, 0) is 11.2 Å². The van der Waals surface area contributed by atoms with Crippen molar-refractivity contribution in [1.29, 1.82) is 0 Å². The zero-order chi connectivity index (χ0) is 12.1. The van der Waals surface area contributed by atoms with E-state index in [0.29, 0.717) is 0 Å². The molecule has 0 spiro atoms. The maximum atomic E-state index is 5.57. The van der Waals surface area contributed by atoms with Crippen LogP contribution in [0.25, 0.3) is 10.1 Å². The highest BCUT2D eigenvalue weighted by Gasteiger charge is 2.10. The minimum Gasteiger partial charge on any atom is -0.385 e. The number of nitrogens with two attached hydrogens (primary N) is 1. The van der Waals surface area contributed by atoms with Gasteiger partial charge in [0.25, 0.3) is 0 Å². The SMILES string of the molecule is COCCC(Cc1csc2ccccc12)NN. The Balaban J connectivity index is 2.11. The van der Waals surface area contributed by atoms with Crippen LogP contribution in [-0.4, -0.2) is 19.8 Å². The summed E-state index contributed by atoms with van der Waals surface area (Å²) in [6, 6.07) is 8.76. The summed E-state index contributed by atoms with van der Waals surface area (Å²) in [4.78, 5) is 0. The van der Waals surface area contributed by atoms with Crippen LogP contribution in [0, 0.1) is 0 Å². The third-order valence-electron chi connectivity index (χ3n) is 2.93. The van der Waals surface area contributed by atoms with Crippen molar-refractivity contribution in [2.75, 3.05) is 13.7 Å². The maximum absolute atomic E-state index is 5.57. The van der Waals surface area contributed by atoms with Crippen molar-refractivity contribution < 1.29 is 4.74 Å². The molecule has 2 rings (SSSR count). The predicted octanol–water partition coefficient (Wildman–Crippen LogP) is 2.31. The number of rotatable bonds is 6. The summed E-state index contributed by atoms with van der Waals surface area (Å²) < 4.78 is 6.43. The van der Waals surface area contributed by atoms with Gasteiger partial charge in [-0.2, -0.15) is 0 Å². The minimum atomic E-state index is 0.271. The molecule has 0 bridgehead atoms. The molecule has 0 saturated carbocycles. The number of fused-ring (bicyclic) bond motifs is 1. The van der Waals surface area contributed by atoms with Crippen LogP contribution in [0.1, 0.15) is 12.0 Å². The van der Waals surface area contributed by atoms with Gasteiger partial charge in [-0.1, -0.05) is 18.2 Å². The van der Waals surface area contributed by atoms with Gasteiger partial charge in [-0.3, -0.25) is 11.3 Å². The average molecular weight is 250 g/mol. The zero-order valence-corrected chi connectivity index (χ0v) is 10.8. The first-order valence-corrected chi connectivity index (χ1v) is 6.63. The minimum absolute atomic E-state index is 0.271. The molecule has 0 fully saturated rings. The number of hydrogen-bond donors (Lipinski definition) is 2. The van der Waals surface area contributed by atoms with Crippen LogP contribution >= 0.6 is 11.3 Å². The summed E-state index contributed by atoms with van der Waals surface area (Å²) in [6.07, 6.45) is 1.88. The van der Waals surface area contributed by atoms with Crippen LogP contribution in [0.5, 0.6) is 0 Å². The van der Waals surface area contributed by atoms with Gasteiger partial charge in [-0.15, -0.1) is 11.3 Å². The summed E-state index contributed by atoms with van der Waals surface area (Å²) >= 11 is 1.79. The van der Waals surface area contributed by atoms with Crippen molar-refractivity contribution in [3.05, 3.63) is 35.2 Å². The Morgan fingerprint density at radius 2 is 2.24 bits per heavy atom. The topological polar surface area (TPSA) is 47.3 Å². The Hall–Kier alpha value is -0.940. The standard InChI is InChI=1S/C13H18N2OS/c1-16-7-6-11(15-14)8-10-9-17-13-5-3-2-4-12(10)13/h2-5,9,11,15H,6-8,14H2,1H3. The summed E-state index contributed by atoms with van der Waals surface area (Å²) in [5, 5.41) is 3.57. The van der Waals surface area contributed by atoms with Gasteiger partial charge in [-0.05, 0) is 35.2 Å². The normalized spacial score (nSPS) is 13.1. The maximum Gasteiger partial charge on any atom is 0.0477 e. The number of methoxy groups -OCH3 is 1.